The largest absolute Gasteiger partial charge is 0.350 e. The van der Waals surface area contributed by atoms with E-state index in [4.69, 9.17) is 0 Å². The Balaban J connectivity index is 1.63. The molecule has 2 fully saturated rings. The molecule has 1 amide bonds. The molecule has 0 spiro atoms. The summed E-state index contributed by atoms with van der Waals surface area (Å²) in [6, 6.07) is 6.25. The van der Waals surface area contributed by atoms with Crippen LogP contribution in [0.5, 0.6) is 0 Å². The first-order chi connectivity index (χ1) is 12.7. The summed E-state index contributed by atoms with van der Waals surface area (Å²) in [4.78, 5) is 15.0. The smallest absolute Gasteiger partial charge is 0.251 e. The van der Waals surface area contributed by atoms with Crippen LogP contribution in [0.25, 0.3) is 0 Å². The lowest BCUT2D eigenvalue weighted by molar-refractivity contribution is 0.0675. The molecule has 1 aromatic rings. The SMILES string of the molecule is C[C@@H]1CCC[C@@](CNC(=O)c2ccc(S(=O)(=O)NC3CC3)cc2)(N(C)C)C1. The van der Waals surface area contributed by atoms with Crippen molar-refractivity contribution in [3.05, 3.63) is 29.8 Å². The standard InChI is InChI=1S/C20H31N3O3S/c1-15-5-4-12-20(13-15,23(2)3)14-21-19(24)16-6-10-18(11-7-16)27(25,26)22-17-8-9-17/h6-7,10-11,15,17,22H,4-5,8-9,12-14H2,1-3H3,(H,21,24)/t15-,20-/m1/s1. The van der Waals surface area contributed by atoms with Gasteiger partial charge in [-0.15, -0.1) is 0 Å². The van der Waals surface area contributed by atoms with Crippen LogP contribution >= 0.6 is 0 Å². The fraction of sp³-hybridized carbons (Fsp3) is 0.650. The van der Waals surface area contributed by atoms with Crippen LogP contribution in [0.2, 0.25) is 0 Å². The van der Waals surface area contributed by atoms with Crippen LogP contribution < -0.4 is 10.0 Å². The Morgan fingerprint density at radius 3 is 2.41 bits per heavy atom. The van der Waals surface area contributed by atoms with E-state index in [1.807, 2.05) is 0 Å². The number of hydrogen-bond donors (Lipinski definition) is 2. The number of benzene rings is 1. The van der Waals surface area contributed by atoms with E-state index >= 15 is 0 Å². The highest BCUT2D eigenvalue weighted by molar-refractivity contribution is 7.89. The zero-order valence-electron chi connectivity index (χ0n) is 16.5. The number of sulfonamides is 1. The minimum Gasteiger partial charge on any atom is -0.350 e. The molecule has 1 aromatic carbocycles. The number of carbonyl (C=O) groups excluding carboxylic acids is 1. The molecule has 2 saturated carbocycles. The molecule has 0 saturated heterocycles. The molecule has 3 rings (SSSR count). The number of hydrogen-bond acceptors (Lipinski definition) is 4. The number of nitrogens with one attached hydrogen (secondary N) is 2. The van der Waals surface area contributed by atoms with Crippen LogP contribution in [0.15, 0.2) is 29.2 Å². The lowest BCUT2D eigenvalue weighted by Crippen LogP contribution is -2.55. The Morgan fingerprint density at radius 1 is 1.19 bits per heavy atom. The average Bonchev–Trinajstić information content (AvgIpc) is 3.43. The molecule has 2 N–H and O–H groups in total. The van der Waals surface area contributed by atoms with Crippen molar-refractivity contribution < 1.29 is 13.2 Å². The van der Waals surface area contributed by atoms with Crippen LogP contribution in [0.3, 0.4) is 0 Å². The molecule has 0 radical (unpaired) electrons. The summed E-state index contributed by atoms with van der Waals surface area (Å²) in [5, 5.41) is 3.07. The monoisotopic (exact) mass is 393 g/mol. The average molecular weight is 394 g/mol. The van der Waals surface area contributed by atoms with Gasteiger partial charge in [-0.05, 0) is 70.0 Å². The van der Waals surface area contributed by atoms with E-state index in [-0.39, 0.29) is 22.4 Å². The van der Waals surface area contributed by atoms with Crippen LogP contribution in [-0.2, 0) is 10.0 Å². The van der Waals surface area contributed by atoms with Crippen molar-refractivity contribution in [3.63, 3.8) is 0 Å². The van der Waals surface area contributed by atoms with Crippen LogP contribution in [0.4, 0.5) is 0 Å². The summed E-state index contributed by atoms with van der Waals surface area (Å²) in [6.07, 6.45) is 6.36. The molecule has 0 heterocycles. The summed E-state index contributed by atoms with van der Waals surface area (Å²) in [6.45, 7) is 2.88. The maximum absolute atomic E-state index is 12.6. The minimum absolute atomic E-state index is 0.00914. The number of nitrogens with zero attached hydrogens (tertiary/aromatic N) is 1. The van der Waals surface area contributed by atoms with E-state index in [1.54, 1.807) is 12.1 Å². The molecule has 0 aromatic heterocycles. The third-order valence-electron chi connectivity index (χ3n) is 5.92. The molecule has 150 valence electrons. The Labute approximate surface area is 162 Å². The van der Waals surface area contributed by atoms with E-state index in [1.165, 1.54) is 25.0 Å². The molecule has 0 aliphatic heterocycles. The minimum atomic E-state index is -3.48. The zero-order valence-corrected chi connectivity index (χ0v) is 17.3. The number of likely N-dealkylation sites (N-methyl/N-ethyl adjacent to an activating group) is 1. The van der Waals surface area contributed by atoms with Crippen molar-refractivity contribution in [2.45, 2.75) is 61.9 Å². The topological polar surface area (TPSA) is 78.5 Å². The fourth-order valence-corrected chi connectivity index (χ4v) is 5.28. The van der Waals surface area contributed by atoms with Crippen molar-refractivity contribution >= 4 is 15.9 Å². The van der Waals surface area contributed by atoms with Gasteiger partial charge >= 0.3 is 0 Å². The van der Waals surface area contributed by atoms with Crippen LogP contribution in [0.1, 0.15) is 55.8 Å². The first-order valence-electron chi connectivity index (χ1n) is 9.80. The van der Waals surface area contributed by atoms with E-state index in [0.29, 0.717) is 18.0 Å². The molecule has 7 heteroatoms. The second-order valence-corrected chi connectivity index (χ2v) is 10.1. The summed E-state index contributed by atoms with van der Waals surface area (Å²) in [5.41, 5.74) is 0.475. The molecule has 2 atom stereocenters. The maximum Gasteiger partial charge on any atom is 0.251 e. The van der Waals surface area contributed by atoms with Crippen LogP contribution in [-0.4, -0.2) is 51.4 Å². The van der Waals surface area contributed by atoms with E-state index in [9.17, 15) is 13.2 Å². The van der Waals surface area contributed by atoms with Gasteiger partial charge in [-0.3, -0.25) is 4.79 Å². The Bertz CT molecular complexity index is 772. The predicted octanol–water partition coefficient (Wildman–Crippen LogP) is 2.37. The summed E-state index contributed by atoms with van der Waals surface area (Å²) >= 11 is 0. The van der Waals surface area contributed by atoms with Crippen molar-refractivity contribution in [1.82, 2.24) is 14.9 Å². The molecule has 6 nitrogen and oxygen atoms in total. The second kappa shape index (κ2) is 7.89. The van der Waals surface area contributed by atoms with Crippen LogP contribution in [0, 0.1) is 5.92 Å². The molecule has 0 unspecified atom stereocenters. The normalized spacial score (nSPS) is 26.1. The predicted molar refractivity (Wildman–Crippen MR) is 106 cm³/mol. The third kappa shape index (κ3) is 4.89. The zero-order chi connectivity index (χ0) is 19.7. The van der Waals surface area contributed by atoms with Crippen molar-refractivity contribution in [3.8, 4) is 0 Å². The summed E-state index contributed by atoms with van der Waals surface area (Å²) < 4.78 is 27.1. The first kappa shape index (κ1) is 20.3. The van der Waals surface area contributed by atoms with Gasteiger partial charge in [-0.25, -0.2) is 13.1 Å². The highest BCUT2D eigenvalue weighted by Crippen LogP contribution is 2.35. The Hall–Kier alpha value is -1.44. The quantitative estimate of drug-likeness (QED) is 0.745. The third-order valence-corrected chi connectivity index (χ3v) is 7.46. The fourth-order valence-electron chi connectivity index (χ4n) is 3.98. The molecule has 27 heavy (non-hydrogen) atoms. The number of rotatable bonds is 7. The molecule has 0 bridgehead atoms. The van der Waals surface area contributed by atoms with E-state index in [0.717, 1.165) is 25.7 Å². The number of carbonyl (C=O) groups is 1. The Kier molecular flexibility index (Phi) is 5.93. The van der Waals surface area contributed by atoms with E-state index in [2.05, 4.69) is 36.0 Å². The summed E-state index contributed by atoms with van der Waals surface area (Å²) in [5.74, 6) is 0.495. The summed E-state index contributed by atoms with van der Waals surface area (Å²) in [7, 11) is 0.676. The number of amides is 1. The van der Waals surface area contributed by atoms with Gasteiger partial charge < -0.3 is 10.2 Å². The van der Waals surface area contributed by atoms with Crippen molar-refractivity contribution in [1.29, 1.82) is 0 Å². The maximum atomic E-state index is 12.6. The highest BCUT2D eigenvalue weighted by Gasteiger charge is 2.37. The van der Waals surface area contributed by atoms with Gasteiger partial charge in [0.2, 0.25) is 10.0 Å². The Morgan fingerprint density at radius 2 is 1.85 bits per heavy atom. The van der Waals surface area contributed by atoms with Crippen molar-refractivity contribution in [2.24, 2.45) is 5.92 Å². The molecular weight excluding hydrogens is 362 g/mol. The van der Waals surface area contributed by atoms with Gasteiger partial charge in [-0.2, -0.15) is 0 Å². The van der Waals surface area contributed by atoms with Gasteiger partial charge in [0.1, 0.15) is 0 Å². The molecule has 2 aliphatic rings. The van der Waals surface area contributed by atoms with Gasteiger partial charge in [0.05, 0.1) is 4.90 Å². The lowest BCUT2D eigenvalue weighted by Gasteiger charge is -2.45. The second-order valence-electron chi connectivity index (χ2n) is 8.42. The van der Waals surface area contributed by atoms with Crippen molar-refractivity contribution in [2.75, 3.05) is 20.6 Å². The van der Waals surface area contributed by atoms with Gasteiger partial charge in [-0.1, -0.05) is 19.8 Å². The van der Waals surface area contributed by atoms with E-state index < -0.39 is 10.0 Å². The lowest BCUT2D eigenvalue weighted by atomic mass is 9.75. The first-order valence-corrected chi connectivity index (χ1v) is 11.3. The van der Waals surface area contributed by atoms with Gasteiger partial charge in [0, 0.05) is 23.7 Å². The molecular formula is C20H31N3O3S. The molecule has 2 aliphatic carbocycles. The van der Waals surface area contributed by atoms with Gasteiger partial charge in [0.15, 0.2) is 0 Å². The highest BCUT2D eigenvalue weighted by atomic mass is 32.2. The van der Waals surface area contributed by atoms with Gasteiger partial charge in [0.25, 0.3) is 5.91 Å².